The molecule has 2 aromatic carbocycles. The zero-order valence-electron chi connectivity index (χ0n) is 13.5. The van der Waals surface area contributed by atoms with Crippen molar-refractivity contribution in [2.45, 2.75) is 25.1 Å². The average Bonchev–Trinajstić information content (AvgIpc) is 3.22. The van der Waals surface area contributed by atoms with Crippen molar-refractivity contribution in [3.63, 3.8) is 0 Å². The van der Waals surface area contributed by atoms with E-state index in [1.807, 2.05) is 36.4 Å². The molecule has 1 aliphatic heterocycles. The molecule has 0 bridgehead atoms. The number of para-hydroxylation sites is 1. The minimum Gasteiger partial charge on any atom is -0.392 e. The van der Waals surface area contributed by atoms with E-state index in [4.69, 9.17) is 0 Å². The number of β-amino-alcohol motifs (C(OH)–C–C–N with tert-alkyl or cyclic N) is 1. The lowest BCUT2D eigenvalue weighted by Gasteiger charge is -2.23. The molecule has 2 heterocycles. The van der Waals surface area contributed by atoms with Crippen molar-refractivity contribution in [2.75, 3.05) is 6.54 Å². The maximum Gasteiger partial charge on any atom is 0.170 e. The molecule has 0 spiro atoms. The van der Waals surface area contributed by atoms with Crippen LogP contribution in [0.3, 0.4) is 0 Å². The lowest BCUT2D eigenvalue weighted by Crippen LogP contribution is -2.26. The first kappa shape index (κ1) is 15.9. The third kappa shape index (κ3) is 3.29. The Morgan fingerprint density at radius 2 is 1.96 bits per heavy atom. The lowest BCUT2D eigenvalue weighted by atomic mass is 10.0. The van der Waals surface area contributed by atoms with E-state index < -0.39 is 6.10 Å². The molecule has 0 radical (unpaired) electrons. The predicted molar refractivity (Wildman–Crippen MR) is 89.3 cm³/mol. The van der Waals surface area contributed by atoms with Crippen molar-refractivity contribution in [3.8, 4) is 5.69 Å². The quantitative estimate of drug-likeness (QED) is 0.788. The molecule has 2 atom stereocenters. The number of tetrazole rings is 1. The van der Waals surface area contributed by atoms with Crippen LogP contribution in [0.25, 0.3) is 5.69 Å². The van der Waals surface area contributed by atoms with E-state index in [9.17, 15) is 9.50 Å². The van der Waals surface area contributed by atoms with Gasteiger partial charge in [-0.05, 0) is 46.7 Å². The Balaban J connectivity index is 1.61. The summed E-state index contributed by atoms with van der Waals surface area (Å²) in [6.45, 7) is 0.975. The summed E-state index contributed by atoms with van der Waals surface area (Å²) in [6.07, 6.45) is 0.116. The van der Waals surface area contributed by atoms with Gasteiger partial charge in [-0.15, -0.1) is 5.10 Å². The number of aliphatic hydroxyl groups is 1. The SMILES string of the molecule is O[C@H]1C[C@H](c2cccc(F)c2)N(Cc2nnnn2-c2ccccc2)C1. The third-order valence-corrected chi connectivity index (χ3v) is 4.49. The Kier molecular flexibility index (Phi) is 4.25. The zero-order valence-corrected chi connectivity index (χ0v) is 13.5. The topological polar surface area (TPSA) is 67.1 Å². The highest BCUT2D eigenvalue weighted by molar-refractivity contribution is 5.30. The summed E-state index contributed by atoms with van der Waals surface area (Å²) in [5.74, 6) is 0.412. The first-order valence-corrected chi connectivity index (χ1v) is 8.21. The summed E-state index contributed by atoms with van der Waals surface area (Å²) in [5, 5.41) is 22.1. The van der Waals surface area contributed by atoms with E-state index in [1.165, 1.54) is 12.1 Å². The summed E-state index contributed by atoms with van der Waals surface area (Å²) in [7, 11) is 0. The highest BCUT2D eigenvalue weighted by Gasteiger charge is 2.33. The molecule has 0 unspecified atom stereocenters. The minimum atomic E-state index is -0.450. The summed E-state index contributed by atoms with van der Waals surface area (Å²) in [6, 6.07) is 16.1. The molecule has 25 heavy (non-hydrogen) atoms. The molecule has 7 heteroatoms. The number of aromatic nitrogens is 4. The first-order valence-electron chi connectivity index (χ1n) is 8.21. The Hall–Kier alpha value is -2.64. The monoisotopic (exact) mass is 339 g/mol. The molecule has 1 saturated heterocycles. The number of hydrogen-bond acceptors (Lipinski definition) is 5. The van der Waals surface area contributed by atoms with E-state index in [1.54, 1.807) is 10.7 Å². The van der Waals surface area contributed by atoms with Gasteiger partial charge in [-0.2, -0.15) is 4.68 Å². The standard InChI is InChI=1S/C18H18FN5O/c19-14-6-4-5-13(9-14)17-10-16(25)11-23(17)12-18-20-21-22-24(18)15-7-2-1-3-8-15/h1-9,16-17,25H,10-12H2/t16-,17+/m0/s1. The van der Waals surface area contributed by atoms with Gasteiger partial charge in [-0.25, -0.2) is 4.39 Å². The van der Waals surface area contributed by atoms with Crippen LogP contribution in [0.4, 0.5) is 4.39 Å². The Labute approximate surface area is 144 Å². The summed E-state index contributed by atoms with van der Waals surface area (Å²) >= 11 is 0. The maximum absolute atomic E-state index is 13.6. The van der Waals surface area contributed by atoms with E-state index in [0.717, 1.165) is 11.3 Å². The van der Waals surface area contributed by atoms with Gasteiger partial charge in [0, 0.05) is 12.6 Å². The second-order valence-electron chi connectivity index (χ2n) is 6.23. The fourth-order valence-electron chi connectivity index (χ4n) is 3.37. The normalized spacial score (nSPS) is 20.9. The van der Waals surface area contributed by atoms with Gasteiger partial charge in [-0.3, -0.25) is 4.90 Å². The van der Waals surface area contributed by atoms with E-state index in [-0.39, 0.29) is 11.9 Å². The molecule has 0 saturated carbocycles. The number of aliphatic hydroxyl groups excluding tert-OH is 1. The number of likely N-dealkylation sites (tertiary alicyclic amines) is 1. The van der Waals surface area contributed by atoms with Crippen molar-refractivity contribution >= 4 is 0 Å². The van der Waals surface area contributed by atoms with Crippen molar-refractivity contribution < 1.29 is 9.50 Å². The van der Waals surface area contributed by atoms with Gasteiger partial charge >= 0.3 is 0 Å². The summed E-state index contributed by atoms with van der Waals surface area (Å²) in [5.41, 5.74) is 1.74. The molecular weight excluding hydrogens is 321 g/mol. The second kappa shape index (κ2) is 6.70. The van der Waals surface area contributed by atoms with Crippen LogP contribution >= 0.6 is 0 Å². The van der Waals surface area contributed by atoms with Gasteiger partial charge in [0.05, 0.1) is 18.3 Å². The number of halogens is 1. The van der Waals surface area contributed by atoms with Crippen molar-refractivity contribution in [2.24, 2.45) is 0 Å². The van der Waals surface area contributed by atoms with E-state index in [0.29, 0.717) is 25.3 Å². The highest BCUT2D eigenvalue weighted by Crippen LogP contribution is 2.33. The number of hydrogen-bond donors (Lipinski definition) is 1. The molecule has 6 nitrogen and oxygen atoms in total. The van der Waals surface area contributed by atoms with E-state index in [2.05, 4.69) is 20.4 Å². The highest BCUT2D eigenvalue weighted by atomic mass is 19.1. The molecule has 1 N–H and O–H groups in total. The van der Waals surface area contributed by atoms with Crippen LogP contribution < -0.4 is 0 Å². The second-order valence-corrected chi connectivity index (χ2v) is 6.23. The fraction of sp³-hybridized carbons (Fsp3) is 0.278. The van der Waals surface area contributed by atoms with Crippen LogP contribution in [-0.4, -0.2) is 42.9 Å². The smallest absolute Gasteiger partial charge is 0.170 e. The van der Waals surface area contributed by atoms with Crippen LogP contribution in [0.15, 0.2) is 54.6 Å². The number of nitrogens with zero attached hydrogens (tertiary/aromatic N) is 5. The largest absolute Gasteiger partial charge is 0.392 e. The van der Waals surface area contributed by atoms with Crippen molar-refractivity contribution in [3.05, 3.63) is 71.8 Å². The molecule has 1 fully saturated rings. The molecule has 1 aliphatic rings. The number of benzene rings is 2. The number of rotatable bonds is 4. The molecule has 128 valence electrons. The van der Waals surface area contributed by atoms with Gasteiger partial charge in [0.25, 0.3) is 0 Å². The summed E-state index contributed by atoms with van der Waals surface area (Å²) < 4.78 is 15.3. The van der Waals surface area contributed by atoms with Crippen LogP contribution in [0.2, 0.25) is 0 Å². The Morgan fingerprint density at radius 3 is 2.76 bits per heavy atom. The lowest BCUT2D eigenvalue weighted by molar-refractivity contribution is 0.171. The van der Waals surface area contributed by atoms with E-state index >= 15 is 0 Å². The van der Waals surface area contributed by atoms with Gasteiger partial charge in [0.1, 0.15) is 5.82 Å². The van der Waals surface area contributed by atoms with Crippen LogP contribution in [0.5, 0.6) is 0 Å². The third-order valence-electron chi connectivity index (χ3n) is 4.49. The Bertz CT molecular complexity index is 853. The molecule has 3 aromatic rings. The average molecular weight is 339 g/mol. The van der Waals surface area contributed by atoms with Crippen molar-refractivity contribution in [1.82, 2.24) is 25.1 Å². The fourth-order valence-corrected chi connectivity index (χ4v) is 3.37. The molecule has 0 amide bonds. The van der Waals surface area contributed by atoms with Gasteiger partial charge < -0.3 is 5.11 Å². The predicted octanol–water partition coefficient (Wildman–Crippen LogP) is 2.11. The molecule has 1 aromatic heterocycles. The summed E-state index contributed by atoms with van der Waals surface area (Å²) in [4.78, 5) is 2.09. The van der Waals surface area contributed by atoms with Gasteiger partial charge in [0.15, 0.2) is 5.82 Å². The maximum atomic E-state index is 13.6. The van der Waals surface area contributed by atoms with Gasteiger partial charge in [0.2, 0.25) is 0 Å². The molecule has 0 aliphatic carbocycles. The van der Waals surface area contributed by atoms with Crippen molar-refractivity contribution in [1.29, 1.82) is 0 Å². The zero-order chi connectivity index (χ0) is 17.2. The van der Waals surface area contributed by atoms with Crippen LogP contribution in [0.1, 0.15) is 23.9 Å². The van der Waals surface area contributed by atoms with Gasteiger partial charge in [-0.1, -0.05) is 30.3 Å². The first-order chi connectivity index (χ1) is 12.2. The molecule has 4 rings (SSSR count). The van der Waals surface area contributed by atoms with Crippen LogP contribution in [0, 0.1) is 5.82 Å². The molecular formula is C18H18FN5O. The minimum absolute atomic E-state index is 0.0633. The Morgan fingerprint density at radius 1 is 1.12 bits per heavy atom. The van der Waals surface area contributed by atoms with Crippen LogP contribution in [-0.2, 0) is 6.54 Å².